The zero-order valence-corrected chi connectivity index (χ0v) is 13.4. The van der Waals surface area contributed by atoms with Crippen molar-refractivity contribution in [2.45, 2.75) is 26.5 Å². The van der Waals surface area contributed by atoms with Gasteiger partial charge in [-0.15, -0.1) is 0 Å². The van der Waals surface area contributed by atoms with E-state index < -0.39 is 0 Å². The van der Waals surface area contributed by atoms with E-state index in [1.807, 2.05) is 13.8 Å². The van der Waals surface area contributed by atoms with Gasteiger partial charge in [0.05, 0.1) is 12.7 Å². The van der Waals surface area contributed by atoms with Gasteiger partial charge in [0, 0.05) is 42.7 Å². The predicted molar refractivity (Wildman–Crippen MR) is 86.9 cm³/mol. The normalized spacial score (nSPS) is 19.0. The first-order valence-corrected chi connectivity index (χ1v) is 7.82. The lowest BCUT2D eigenvalue weighted by atomic mass is 10.1. The highest BCUT2D eigenvalue weighted by Crippen LogP contribution is 2.23. The number of rotatable bonds is 3. The molecule has 1 fully saturated rings. The number of morpholine rings is 1. The second-order valence-electron chi connectivity index (χ2n) is 6.05. The monoisotopic (exact) mass is 316 g/mol. The molecule has 1 saturated heterocycles. The third-order valence-electron chi connectivity index (χ3n) is 4.39. The van der Waals surface area contributed by atoms with Crippen molar-refractivity contribution in [3.05, 3.63) is 68.9 Å². The molecule has 0 radical (unpaired) electrons. The molecule has 0 aliphatic carbocycles. The van der Waals surface area contributed by atoms with Crippen LogP contribution in [0.3, 0.4) is 0 Å². The van der Waals surface area contributed by atoms with Gasteiger partial charge < -0.3 is 9.72 Å². The number of aryl methyl sites for hydroxylation is 1. The van der Waals surface area contributed by atoms with E-state index >= 15 is 0 Å². The Morgan fingerprint density at radius 2 is 2.04 bits per heavy atom. The van der Waals surface area contributed by atoms with Crippen LogP contribution in [0.5, 0.6) is 0 Å². The zero-order valence-electron chi connectivity index (χ0n) is 13.4. The molecule has 1 aliphatic heterocycles. The second-order valence-corrected chi connectivity index (χ2v) is 6.05. The van der Waals surface area contributed by atoms with Gasteiger partial charge in [-0.05, 0) is 31.5 Å². The van der Waals surface area contributed by atoms with Gasteiger partial charge in [0.15, 0.2) is 5.43 Å². The topological polar surface area (TPSA) is 45.3 Å². The Kier molecular flexibility index (Phi) is 4.59. The summed E-state index contributed by atoms with van der Waals surface area (Å²) in [7, 11) is 0. The average Bonchev–Trinajstić information content (AvgIpc) is 2.56. The lowest BCUT2D eigenvalue weighted by Crippen LogP contribution is -2.38. The van der Waals surface area contributed by atoms with Gasteiger partial charge in [-0.1, -0.05) is 12.1 Å². The van der Waals surface area contributed by atoms with Gasteiger partial charge in [0.1, 0.15) is 5.82 Å². The van der Waals surface area contributed by atoms with Crippen LogP contribution in [0.15, 0.2) is 35.3 Å². The Hall–Kier alpha value is -1.98. The molecular formula is C18H21FN2O2. The number of halogens is 1. The molecule has 4 nitrogen and oxygen atoms in total. The Balaban J connectivity index is 1.73. The van der Waals surface area contributed by atoms with Crippen molar-refractivity contribution in [3.8, 4) is 0 Å². The molecule has 1 aliphatic rings. The summed E-state index contributed by atoms with van der Waals surface area (Å²) in [6.45, 7) is 6.52. The summed E-state index contributed by atoms with van der Waals surface area (Å²) in [5.41, 5.74) is 3.53. The van der Waals surface area contributed by atoms with Crippen molar-refractivity contribution in [3.63, 3.8) is 0 Å². The van der Waals surface area contributed by atoms with E-state index in [0.717, 1.165) is 35.5 Å². The van der Waals surface area contributed by atoms with E-state index in [-0.39, 0.29) is 17.3 Å². The number of nitrogens with one attached hydrogen (secondary N) is 1. The third kappa shape index (κ3) is 3.51. The molecule has 0 bridgehead atoms. The van der Waals surface area contributed by atoms with Crippen LogP contribution in [-0.4, -0.2) is 29.6 Å². The lowest BCUT2D eigenvalue weighted by molar-refractivity contribution is -0.0333. The minimum absolute atomic E-state index is 0.0678. The van der Waals surface area contributed by atoms with Gasteiger partial charge in [-0.25, -0.2) is 4.39 Å². The first kappa shape index (κ1) is 15.9. The summed E-state index contributed by atoms with van der Waals surface area (Å²) in [6.07, 6.45) is 1.70. The number of aromatic nitrogens is 1. The van der Waals surface area contributed by atoms with Crippen LogP contribution in [-0.2, 0) is 11.3 Å². The summed E-state index contributed by atoms with van der Waals surface area (Å²) in [6, 6.07) is 6.45. The van der Waals surface area contributed by atoms with Crippen LogP contribution in [0.1, 0.15) is 28.5 Å². The zero-order chi connectivity index (χ0) is 16.4. The largest absolute Gasteiger partial charge is 0.371 e. The fourth-order valence-corrected chi connectivity index (χ4v) is 2.92. The summed E-state index contributed by atoms with van der Waals surface area (Å²) in [5.74, 6) is -0.241. The smallest absolute Gasteiger partial charge is 0.187 e. The molecule has 0 spiro atoms. The molecule has 2 aromatic rings. The van der Waals surface area contributed by atoms with Crippen molar-refractivity contribution in [1.82, 2.24) is 9.88 Å². The van der Waals surface area contributed by atoms with Crippen molar-refractivity contribution in [2.75, 3.05) is 19.7 Å². The number of hydrogen-bond donors (Lipinski definition) is 1. The van der Waals surface area contributed by atoms with Crippen molar-refractivity contribution >= 4 is 0 Å². The molecule has 1 atom stereocenters. The van der Waals surface area contributed by atoms with Gasteiger partial charge in [0.25, 0.3) is 0 Å². The minimum Gasteiger partial charge on any atom is -0.371 e. The van der Waals surface area contributed by atoms with Gasteiger partial charge in [-0.2, -0.15) is 0 Å². The molecule has 3 rings (SSSR count). The van der Waals surface area contributed by atoms with E-state index in [0.29, 0.717) is 13.2 Å². The number of benzene rings is 1. The number of H-pyrrole nitrogens is 1. The average molecular weight is 316 g/mol. The van der Waals surface area contributed by atoms with E-state index in [2.05, 4.69) is 9.88 Å². The summed E-state index contributed by atoms with van der Waals surface area (Å²) in [5, 5.41) is 0. The Bertz CT molecular complexity index is 740. The van der Waals surface area contributed by atoms with Crippen molar-refractivity contribution in [1.29, 1.82) is 0 Å². The fourth-order valence-electron chi connectivity index (χ4n) is 2.92. The quantitative estimate of drug-likeness (QED) is 0.947. The predicted octanol–water partition coefficient (Wildman–Crippen LogP) is 2.70. The van der Waals surface area contributed by atoms with Crippen LogP contribution in [0.2, 0.25) is 0 Å². The van der Waals surface area contributed by atoms with Crippen LogP contribution < -0.4 is 5.43 Å². The molecule has 0 saturated carbocycles. The molecule has 1 aromatic carbocycles. The summed E-state index contributed by atoms with van der Waals surface area (Å²) >= 11 is 0. The highest BCUT2D eigenvalue weighted by atomic mass is 19.1. The number of pyridine rings is 1. The maximum absolute atomic E-state index is 13.0. The van der Waals surface area contributed by atoms with Crippen molar-refractivity contribution < 1.29 is 9.13 Å². The number of ether oxygens (including phenoxy) is 1. The maximum atomic E-state index is 13.0. The first-order chi connectivity index (χ1) is 11.0. The first-order valence-electron chi connectivity index (χ1n) is 7.82. The fraction of sp³-hybridized carbons (Fsp3) is 0.389. The molecule has 0 unspecified atom stereocenters. The third-order valence-corrected chi connectivity index (χ3v) is 4.39. The van der Waals surface area contributed by atoms with E-state index in [4.69, 9.17) is 4.74 Å². The number of aromatic amines is 1. The second kappa shape index (κ2) is 6.64. The van der Waals surface area contributed by atoms with E-state index in [9.17, 15) is 9.18 Å². The molecule has 1 aromatic heterocycles. The number of hydrogen-bond acceptors (Lipinski definition) is 3. The minimum atomic E-state index is -0.241. The van der Waals surface area contributed by atoms with Gasteiger partial charge in [0.2, 0.25) is 0 Å². The molecule has 0 amide bonds. The standard InChI is InChI=1S/C18H21FN2O2/c1-12-9-20-16(13(2)18(12)22)10-21-7-8-23-17(11-21)14-3-5-15(19)6-4-14/h3-6,9,17H,7-8,10-11H2,1-2H3,(H,20,22)/t17-/m1/s1. The highest BCUT2D eigenvalue weighted by molar-refractivity contribution is 5.24. The lowest BCUT2D eigenvalue weighted by Gasteiger charge is -2.33. The SMILES string of the molecule is Cc1c[nH]c(CN2CCO[C@@H](c3ccc(F)cc3)C2)c(C)c1=O. The van der Waals surface area contributed by atoms with Crippen LogP contribution >= 0.6 is 0 Å². The number of nitrogens with zero attached hydrogens (tertiary/aromatic N) is 1. The molecule has 1 N–H and O–H groups in total. The molecule has 122 valence electrons. The van der Waals surface area contributed by atoms with Crippen LogP contribution in [0.4, 0.5) is 4.39 Å². The Morgan fingerprint density at radius 3 is 2.78 bits per heavy atom. The Morgan fingerprint density at radius 1 is 1.30 bits per heavy atom. The van der Waals surface area contributed by atoms with Crippen LogP contribution in [0.25, 0.3) is 0 Å². The summed E-state index contributed by atoms with van der Waals surface area (Å²) < 4.78 is 18.9. The van der Waals surface area contributed by atoms with E-state index in [1.165, 1.54) is 12.1 Å². The van der Waals surface area contributed by atoms with Gasteiger partial charge in [-0.3, -0.25) is 9.69 Å². The van der Waals surface area contributed by atoms with Crippen molar-refractivity contribution in [2.24, 2.45) is 0 Å². The highest BCUT2D eigenvalue weighted by Gasteiger charge is 2.23. The molecule has 2 heterocycles. The van der Waals surface area contributed by atoms with Crippen LogP contribution in [0, 0.1) is 19.7 Å². The summed E-state index contributed by atoms with van der Waals surface area (Å²) in [4.78, 5) is 17.5. The van der Waals surface area contributed by atoms with E-state index in [1.54, 1.807) is 18.3 Å². The maximum Gasteiger partial charge on any atom is 0.187 e. The molecular weight excluding hydrogens is 295 g/mol. The molecule has 23 heavy (non-hydrogen) atoms. The van der Waals surface area contributed by atoms with Gasteiger partial charge >= 0.3 is 0 Å². The Labute approximate surface area is 134 Å². The molecule has 5 heteroatoms.